The van der Waals surface area contributed by atoms with Gasteiger partial charge in [0.05, 0.1) is 0 Å². The van der Waals surface area contributed by atoms with Crippen molar-refractivity contribution in [1.29, 1.82) is 0 Å². The lowest BCUT2D eigenvalue weighted by atomic mass is 10.2. The van der Waals surface area contributed by atoms with Gasteiger partial charge in [0.25, 0.3) is 0 Å². The van der Waals surface area contributed by atoms with E-state index >= 15 is 0 Å². The van der Waals surface area contributed by atoms with Gasteiger partial charge in [-0.05, 0) is 17.7 Å². The molecule has 0 fully saturated rings. The fourth-order valence-corrected chi connectivity index (χ4v) is 1.03. The zero-order valence-electron chi connectivity index (χ0n) is 6.73. The first-order valence-electron chi connectivity index (χ1n) is 3.78. The third-order valence-electron chi connectivity index (χ3n) is 1.61. The van der Waals surface area contributed by atoms with Crippen molar-refractivity contribution in [3.8, 4) is 0 Å². The predicted molar refractivity (Wildman–Crippen MR) is 44.2 cm³/mol. The quantitative estimate of drug-likeness (QED) is 0.718. The number of aromatic nitrogens is 3. The van der Waals surface area contributed by atoms with Crippen LogP contribution in [0.4, 0.5) is 0 Å². The zero-order valence-corrected chi connectivity index (χ0v) is 6.73. The molecule has 0 unspecified atom stereocenters. The minimum Gasteiger partial charge on any atom is -0.296 e. The van der Waals surface area contributed by atoms with Crippen molar-refractivity contribution in [2.45, 2.75) is 6.42 Å². The van der Waals surface area contributed by atoms with Crippen molar-refractivity contribution < 1.29 is 4.52 Å². The van der Waals surface area contributed by atoms with Gasteiger partial charge < -0.3 is 0 Å². The summed E-state index contributed by atoms with van der Waals surface area (Å²) in [6, 6.07) is 3.71. The van der Waals surface area contributed by atoms with Crippen LogP contribution in [0.5, 0.6) is 0 Å². The highest BCUT2D eigenvalue weighted by atomic mass is 16.5. The van der Waals surface area contributed by atoms with Crippen molar-refractivity contribution >= 4 is 0 Å². The van der Waals surface area contributed by atoms with Gasteiger partial charge in [0, 0.05) is 18.8 Å². The molecule has 0 atom stereocenters. The van der Waals surface area contributed by atoms with Crippen LogP contribution in [0.2, 0.25) is 0 Å². The highest BCUT2D eigenvalue weighted by molar-refractivity contribution is 5.14. The van der Waals surface area contributed by atoms with Crippen molar-refractivity contribution in [2.24, 2.45) is 0 Å². The maximum Gasteiger partial charge on any atom is 0.438 e. The van der Waals surface area contributed by atoms with Gasteiger partial charge in [-0.2, -0.15) is 0 Å². The van der Waals surface area contributed by atoms with Crippen LogP contribution in [0.15, 0.2) is 33.8 Å². The van der Waals surface area contributed by atoms with Crippen LogP contribution in [-0.2, 0) is 6.42 Å². The first kappa shape index (κ1) is 7.72. The second-order valence-electron chi connectivity index (χ2n) is 2.57. The average molecular weight is 177 g/mol. The molecule has 0 amide bonds. The van der Waals surface area contributed by atoms with Crippen LogP contribution in [0.1, 0.15) is 11.4 Å². The second kappa shape index (κ2) is 3.22. The lowest BCUT2D eigenvalue weighted by Crippen LogP contribution is -1.97. The van der Waals surface area contributed by atoms with E-state index in [9.17, 15) is 4.79 Å². The van der Waals surface area contributed by atoms with E-state index in [1.54, 1.807) is 12.4 Å². The fraction of sp³-hybridized carbons (Fsp3) is 0.125. The normalized spacial score (nSPS) is 10.2. The van der Waals surface area contributed by atoms with Gasteiger partial charge in [0.2, 0.25) is 0 Å². The number of pyridine rings is 1. The largest absolute Gasteiger partial charge is 0.438 e. The summed E-state index contributed by atoms with van der Waals surface area (Å²) in [5, 5.41) is 3.55. The van der Waals surface area contributed by atoms with Gasteiger partial charge in [0.1, 0.15) is 0 Å². The number of hydrogen-bond acceptors (Lipinski definition) is 4. The molecule has 0 radical (unpaired) electrons. The Morgan fingerprint density at radius 2 is 2.15 bits per heavy atom. The SMILES string of the molecule is O=c1[nH]c(Cc2ccncc2)no1. The molecule has 0 saturated carbocycles. The first-order chi connectivity index (χ1) is 6.34. The molecular weight excluding hydrogens is 170 g/mol. The van der Waals surface area contributed by atoms with E-state index in [1.165, 1.54) is 0 Å². The molecule has 0 aromatic carbocycles. The number of nitrogens with one attached hydrogen (secondary N) is 1. The molecule has 0 bridgehead atoms. The Hall–Kier alpha value is -1.91. The van der Waals surface area contributed by atoms with Crippen molar-refractivity contribution in [3.63, 3.8) is 0 Å². The molecule has 5 nitrogen and oxygen atoms in total. The molecular formula is C8H7N3O2. The predicted octanol–water partition coefficient (Wildman–Crippen LogP) is 0.349. The van der Waals surface area contributed by atoms with Gasteiger partial charge in [-0.15, -0.1) is 0 Å². The van der Waals surface area contributed by atoms with E-state index in [4.69, 9.17) is 0 Å². The Labute approximate surface area is 73.4 Å². The smallest absolute Gasteiger partial charge is 0.296 e. The Bertz CT molecular complexity index is 432. The number of hydrogen-bond donors (Lipinski definition) is 1. The fourth-order valence-electron chi connectivity index (χ4n) is 1.03. The Kier molecular flexibility index (Phi) is 1.91. The molecule has 0 aliphatic heterocycles. The summed E-state index contributed by atoms with van der Waals surface area (Å²) in [6.07, 6.45) is 3.93. The maximum atomic E-state index is 10.6. The standard InChI is InChI=1S/C8H7N3O2/c12-8-10-7(11-13-8)5-6-1-3-9-4-2-6/h1-4H,5H2,(H,10,11,12). The minimum atomic E-state index is -0.524. The number of aromatic amines is 1. The van der Waals surface area contributed by atoms with Gasteiger partial charge in [-0.3, -0.25) is 14.5 Å². The summed E-state index contributed by atoms with van der Waals surface area (Å²) >= 11 is 0. The third-order valence-corrected chi connectivity index (χ3v) is 1.61. The molecule has 2 aromatic heterocycles. The van der Waals surface area contributed by atoms with E-state index < -0.39 is 5.76 Å². The van der Waals surface area contributed by atoms with Gasteiger partial charge in [-0.1, -0.05) is 5.16 Å². The summed E-state index contributed by atoms with van der Waals surface area (Å²) in [4.78, 5) is 16.9. The second-order valence-corrected chi connectivity index (χ2v) is 2.57. The van der Waals surface area contributed by atoms with E-state index in [-0.39, 0.29) is 0 Å². The molecule has 66 valence electrons. The molecule has 0 saturated heterocycles. The van der Waals surface area contributed by atoms with E-state index in [0.717, 1.165) is 5.56 Å². The van der Waals surface area contributed by atoms with Gasteiger partial charge >= 0.3 is 5.76 Å². The summed E-state index contributed by atoms with van der Waals surface area (Å²) < 4.78 is 4.36. The van der Waals surface area contributed by atoms with Crippen LogP contribution >= 0.6 is 0 Å². The molecule has 5 heteroatoms. The zero-order chi connectivity index (χ0) is 9.10. The van der Waals surface area contributed by atoms with Crippen molar-refractivity contribution in [3.05, 3.63) is 46.5 Å². The molecule has 0 aliphatic carbocycles. The summed E-state index contributed by atoms with van der Waals surface area (Å²) in [7, 11) is 0. The topological polar surface area (TPSA) is 71.8 Å². The molecule has 13 heavy (non-hydrogen) atoms. The third kappa shape index (κ3) is 1.81. The molecule has 1 N–H and O–H groups in total. The van der Waals surface area contributed by atoms with Gasteiger partial charge in [-0.25, -0.2) is 4.79 Å². The molecule has 0 aliphatic rings. The average Bonchev–Trinajstić information content (AvgIpc) is 2.53. The first-order valence-corrected chi connectivity index (χ1v) is 3.78. The number of H-pyrrole nitrogens is 1. The summed E-state index contributed by atoms with van der Waals surface area (Å²) in [5.74, 6) is 0.000237. The highest BCUT2D eigenvalue weighted by Crippen LogP contribution is 2.01. The Morgan fingerprint density at radius 3 is 2.77 bits per heavy atom. The summed E-state index contributed by atoms with van der Waals surface area (Å²) in [6.45, 7) is 0. The monoisotopic (exact) mass is 177 g/mol. The molecule has 2 aromatic rings. The molecule has 2 rings (SSSR count). The van der Waals surface area contributed by atoms with Crippen LogP contribution in [-0.4, -0.2) is 15.1 Å². The lowest BCUT2D eigenvalue weighted by molar-refractivity contribution is 0.382. The van der Waals surface area contributed by atoms with Crippen LogP contribution in [0, 0.1) is 0 Å². The van der Waals surface area contributed by atoms with Crippen molar-refractivity contribution in [2.75, 3.05) is 0 Å². The number of nitrogens with zero attached hydrogens (tertiary/aromatic N) is 2. The Morgan fingerprint density at radius 1 is 1.38 bits per heavy atom. The maximum absolute atomic E-state index is 10.6. The highest BCUT2D eigenvalue weighted by Gasteiger charge is 2.00. The Balaban J connectivity index is 2.20. The van der Waals surface area contributed by atoms with E-state index in [1.807, 2.05) is 12.1 Å². The van der Waals surface area contributed by atoms with E-state index in [0.29, 0.717) is 12.2 Å². The van der Waals surface area contributed by atoms with Crippen molar-refractivity contribution in [1.82, 2.24) is 15.1 Å². The van der Waals surface area contributed by atoms with Crippen LogP contribution in [0.25, 0.3) is 0 Å². The van der Waals surface area contributed by atoms with Gasteiger partial charge in [0.15, 0.2) is 5.82 Å². The van der Waals surface area contributed by atoms with E-state index in [2.05, 4.69) is 19.6 Å². The lowest BCUT2D eigenvalue weighted by Gasteiger charge is -1.93. The van der Waals surface area contributed by atoms with Crippen LogP contribution < -0.4 is 5.76 Å². The summed E-state index contributed by atoms with van der Waals surface area (Å²) in [5.41, 5.74) is 1.03. The molecule has 2 heterocycles. The molecule has 0 spiro atoms. The minimum absolute atomic E-state index is 0.524. The number of rotatable bonds is 2. The van der Waals surface area contributed by atoms with Crippen LogP contribution in [0.3, 0.4) is 0 Å².